The number of hydrogen-bond donors (Lipinski definition) is 7. The van der Waals surface area contributed by atoms with E-state index in [2.05, 4.69) is 38.5 Å². The molecule has 1 saturated heterocycles. The molecule has 2 aliphatic heterocycles. The number of aromatic hydroxyl groups is 2. The molecule has 11 heteroatoms. The predicted octanol–water partition coefficient (Wildman–Crippen LogP) is 0.879. The van der Waals surface area contributed by atoms with Crippen molar-refractivity contribution in [2.24, 2.45) is 5.92 Å². The van der Waals surface area contributed by atoms with Crippen LogP contribution < -0.4 is 26.6 Å². The number of nitrogens with zero attached hydrogens (tertiary/aromatic N) is 1. The summed E-state index contributed by atoms with van der Waals surface area (Å²) in [7, 11) is 5.57. The Hall–Kier alpha value is -3.67. The highest BCUT2D eigenvalue weighted by molar-refractivity contribution is 5.93. The maximum atomic E-state index is 13.7. The van der Waals surface area contributed by atoms with Crippen LogP contribution in [0, 0.1) is 5.92 Å². The van der Waals surface area contributed by atoms with Gasteiger partial charge in [-0.3, -0.25) is 14.4 Å². The lowest BCUT2D eigenvalue weighted by molar-refractivity contribution is -0.132. The van der Waals surface area contributed by atoms with Crippen molar-refractivity contribution in [2.45, 2.75) is 56.7 Å². The van der Waals surface area contributed by atoms with Crippen LogP contribution >= 0.6 is 0 Å². The second-order valence-corrected chi connectivity index (χ2v) is 11.8. The molecule has 0 aromatic heterocycles. The van der Waals surface area contributed by atoms with E-state index >= 15 is 0 Å². The number of hydrogen-bond acceptors (Lipinski definition) is 8. The molecular weight excluding hydrogens is 548 g/mol. The second kappa shape index (κ2) is 15.2. The van der Waals surface area contributed by atoms with E-state index in [0.717, 1.165) is 37.1 Å². The first-order valence-corrected chi connectivity index (χ1v) is 15.2. The number of likely N-dealkylation sites (tertiary alicyclic amines) is 1. The van der Waals surface area contributed by atoms with Gasteiger partial charge in [-0.1, -0.05) is 12.1 Å². The number of fused-ring (bicyclic) bond motifs is 5. The Morgan fingerprint density at radius 1 is 0.930 bits per heavy atom. The minimum absolute atomic E-state index is 0.0172. The number of rotatable bonds is 8. The van der Waals surface area contributed by atoms with Crippen molar-refractivity contribution in [3.05, 3.63) is 47.5 Å². The topological polar surface area (TPSA) is 155 Å². The molecule has 0 saturated carbocycles. The Balaban J connectivity index is 1.68. The van der Waals surface area contributed by atoms with Crippen molar-refractivity contribution in [3.63, 3.8) is 0 Å². The van der Waals surface area contributed by atoms with E-state index in [0.29, 0.717) is 43.0 Å². The molecule has 11 nitrogen and oxygen atoms in total. The Kier molecular flexibility index (Phi) is 11.4. The number of carbonyl (C=O) groups excluding carboxylic acids is 3. The van der Waals surface area contributed by atoms with Crippen molar-refractivity contribution in [2.75, 3.05) is 47.3 Å². The lowest BCUT2D eigenvalue weighted by Gasteiger charge is -2.30. The summed E-state index contributed by atoms with van der Waals surface area (Å²) in [5.74, 6) is -0.749. The van der Waals surface area contributed by atoms with Crippen molar-refractivity contribution in [1.82, 2.24) is 31.5 Å². The number of carbonyl (C=O) groups is 3. The van der Waals surface area contributed by atoms with Crippen LogP contribution in [0.15, 0.2) is 36.4 Å². The van der Waals surface area contributed by atoms with E-state index < -0.39 is 24.0 Å². The highest BCUT2D eigenvalue weighted by atomic mass is 16.3. The summed E-state index contributed by atoms with van der Waals surface area (Å²) in [6.45, 7) is 3.11. The Bertz CT molecular complexity index is 1280. The van der Waals surface area contributed by atoms with Gasteiger partial charge in [0, 0.05) is 19.4 Å². The van der Waals surface area contributed by atoms with Gasteiger partial charge in [-0.25, -0.2) is 0 Å². The molecular formula is C32H46N6O5. The quantitative estimate of drug-likeness (QED) is 0.222. The first kappa shape index (κ1) is 32.2. The summed E-state index contributed by atoms with van der Waals surface area (Å²) in [6.07, 6.45) is 3.21. The highest BCUT2D eigenvalue weighted by Gasteiger charge is 2.30. The first-order chi connectivity index (χ1) is 20.7. The van der Waals surface area contributed by atoms with Crippen LogP contribution in [-0.2, 0) is 27.2 Å². The molecule has 7 N–H and O–H groups in total. The first-order valence-electron chi connectivity index (χ1n) is 15.2. The summed E-state index contributed by atoms with van der Waals surface area (Å²) in [6, 6.07) is 7.76. The summed E-state index contributed by atoms with van der Waals surface area (Å²) in [5, 5.41) is 36.3. The molecule has 4 bridgehead atoms. The van der Waals surface area contributed by atoms with E-state index in [-0.39, 0.29) is 36.2 Å². The van der Waals surface area contributed by atoms with Crippen molar-refractivity contribution in [3.8, 4) is 22.6 Å². The molecule has 2 aromatic carbocycles. The number of nitrogens with one attached hydrogen (secondary N) is 5. The molecule has 2 aromatic rings. The average molecular weight is 595 g/mol. The fraction of sp³-hybridized carbons (Fsp3) is 0.531. The number of amides is 3. The monoisotopic (exact) mass is 594 g/mol. The number of phenols is 2. The van der Waals surface area contributed by atoms with Gasteiger partial charge in [0.15, 0.2) is 0 Å². The third-order valence-electron chi connectivity index (χ3n) is 8.59. The van der Waals surface area contributed by atoms with Crippen LogP contribution in [-0.4, -0.2) is 98.3 Å². The Morgan fingerprint density at radius 3 is 2.16 bits per heavy atom. The SMILES string of the molecule is CNCCC[C@@H]1NC(=O)[C@@H](NC)Cc2cc(ccc2O)-c2ccc(O)c(c2)C[C@@H](C(=O)NCC2CCN(C)CC2)NC1=O. The fourth-order valence-electron chi connectivity index (χ4n) is 5.76. The van der Waals surface area contributed by atoms with Gasteiger partial charge < -0.3 is 41.7 Å². The summed E-state index contributed by atoms with van der Waals surface area (Å²) in [4.78, 5) is 43.0. The smallest absolute Gasteiger partial charge is 0.243 e. The lowest BCUT2D eigenvalue weighted by atomic mass is 9.95. The molecule has 1 fully saturated rings. The molecule has 2 heterocycles. The molecule has 43 heavy (non-hydrogen) atoms. The van der Waals surface area contributed by atoms with Gasteiger partial charge in [0.25, 0.3) is 0 Å². The minimum atomic E-state index is -0.968. The molecule has 4 rings (SSSR count). The molecule has 0 radical (unpaired) electrons. The highest BCUT2D eigenvalue weighted by Crippen LogP contribution is 2.31. The van der Waals surface area contributed by atoms with Crippen molar-refractivity contribution >= 4 is 17.7 Å². The van der Waals surface area contributed by atoms with E-state index in [4.69, 9.17) is 0 Å². The van der Waals surface area contributed by atoms with Gasteiger partial charge in [0.05, 0.1) is 6.04 Å². The standard InChI is InChI=1S/C32H46N6O5/c1-33-12-4-5-25-31(42)37-27(30(41)35-19-20-10-13-38(3)14-11-20)18-24-16-22(7-9-29(24)40)21-6-8-28(39)23(15-21)17-26(34-2)32(43)36-25/h6-9,15-16,20,25-27,33-34,39-40H,4-5,10-14,17-19H2,1-3H3,(H,35,41)(H,36,43)(H,37,42)/t25-,26-,27-/m0/s1. The van der Waals surface area contributed by atoms with E-state index in [1.54, 1.807) is 37.4 Å². The Morgan fingerprint density at radius 2 is 1.56 bits per heavy atom. The maximum absolute atomic E-state index is 13.7. The number of benzene rings is 2. The minimum Gasteiger partial charge on any atom is -0.508 e. The Labute approximate surface area is 253 Å². The average Bonchev–Trinajstić information content (AvgIpc) is 3.00. The van der Waals surface area contributed by atoms with Crippen LogP contribution in [0.25, 0.3) is 11.1 Å². The second-order valence-electron chi connectivity index (χ2n) is 11.8. The van der Waals surface area contributed by atoms with Gasteiger partial charge in [0.2, 0.25) is 17.7 Å². The zero-order valence-corrected chi connectivity index (χ0v) is 25.4. The normalized spacial score (nSPS) is 22.2. The van der Waals surface area contributed by atoms with Gasteiger partial charge in [-0.2, -0.15) is 0 Å². The van der Waals surface area contributed by atoms with Crippen molar-refractivity contribution < 1.29 is 24.6 Å². The van der Waals surface area contributed by atoms with Crippen LogP contribution in [0.1, 0.15) is 36.8 Å². The van der Waals surface area contributed by atoms with E-state index in [1.165, 1.54) is 0 Å². The molecule has 3 atom stereocenters. The van der Waals surface area contributed by atoms with Gasteiger partial charge in [-0.15, -0.1) is 0 Å². The molecule has 2 aliphatic rings. The molecule has 0 aliphatic carbocycles. The molecule has 3 amide bonds. The van der Waals surface area contributed by atoms with Crippen molar-refractivity contribution in [1.29, 1.82) is 0 Å². The van der Waals surface area contributed by atoms with Crippen LogP contribution in [0.2, 0.25) is 0 Å². The third-order valence-corrected chi connectivity index (χ3v) is 8.59. The van der Waals surface area contributed by atoms with Gasteiger partial charge >= 0.3 is 0 Å². The third kappa shape index (κ3) is 8.68. The largest absolute Gasteiger partial charge is 0.508 e. The summed E-state index contributed by atoms with van der Waals surface area (Å²) >= 11 is 0. The zero-order chi connectivity index (χ0) is 30.9. The number of likely N-dealkylation sites (N-methyl/N-ethyl adjacent to an activating group) is 1. The maximum Gasteiger partial charge on any atom is 0.243 e. The van der Waals surface area contributed by atoms with E-state index in [1.807, 2.05) is 13.1 Å². The van der Waals surface area contributed by atoms with Crippen LogP contribution in [0.5, 0.6) is 11.5 Å². The number of phenolic OH excluding ortho intramolecular Hbond substituents is 2. The molecule has 0 spiro atoms. The molecule has 0 unspecified atom stereocenters. The lowest BCUT2D eigenvalue weighted by Crippen LogP contribution is -2.57. The van der Waals surface area contributed by atoms with E-state index in [9.17, 15) is 24.6 Å². The van der Waals surface area contributed by atoms with Crippen LogP contribution in [0.3, 0.4) is 0 Å². The molecule has 234 valence electrons. The number of piperidine rings is 1. The predicted molar refractivity (Wildman–Crippen MR) is 166 cm³/mol. The fourth-order valence-corrected chi connectivity index (χ4v) is 5.76. The summed E-state index contributed by atoms with van der Waals surface area (Å²) in [5.41, 5.74) is 2.64. The van der Waals surface area contributed by atoms with Gasteiger partial charge in [-0.05, 0) is 119 Å². The van der Waals surface area contributed by atoms with Crippen LogP contribution in [0.4, 0.5) is 0 Å². The zero-order valence-electron chi connectivity index (χ0n) is 25.4. The van der Waals surface area contributed by atoms with Gasteiger partial charge in [0.1, 0.15) is 23.6 Å². The summed E-state index contributed by atoms with van der Waals surface area (Å²) < 4.78 is 0.